The first-order valence-electron chi connectivity index (χ1n) is 13.4. The third kappa shape index (κ3) is 23.7. The van der Waals surface area contributed by atoms with Crippen LogP contribution < -0.4 is 0 Å². The molecule has 0 bridgehead atoms. The first-order chi connectivity index (χ1) is 14.3. The summed E-state index contributed by atoms with van der Waals surface area (Å²) in [6.45, 7) is 10.0. The van der Waals surface area contributed by atoms with Gasteiger partial charge in [-0.05, 0) is 19.3 Å². The zero-order valence-electron chi connectivity index (χ0n) is 20.3. The first-order valence-corrected chi connectivity index (χ1v) is 13.4. The van der Waals surface area contributed by atoms with Crippen LogP contribution in [0.1, 0.15) is 155 Å². The summed E-state index contributed by atoms with van der Waals surface area (Å²) >= 11 is 0. The Kier molecular flexibility index (Phi) is 25.2. The predicted octanol–water partition coefficient (Wildman–Crippen LogP) is 10.3. The Balaban J connectivity index is 3.25. The van der Waals surface area contributed by atoms with Crippen molar-refractivity contribution in [1.82, 2.24) is 0 Å². The van der Waals surface area contributed by atoms with E-state index in [1.807, 2.05) is 0 Å². The largest absolute Gasteiger partial charge is 0.103 e. The average Bonchev–Trinajstić information content (AvgIpc) is 2.74. The number of hydrogen-bond acceptors (Lipinski definition) is 0. The van der Waals surface area contributed by atoms with Crippen molar-refractivity contribution in [3.63, 3.8) is 0 Å². The summed E-state index contributed by atoms with van der Waals surface area (Å²) in [6, 6.07) is 0. The van der Waals surface area contributed by atoms with Crippen LogP contribution in [-0.4, -0.2) is 0 Å². The van der Waals surface area contributed by atoms with E-state index in [0.717, 1.165) is 25.2 Å². The molecule has 0 heteroatoms. The van der Waals surface area contributed by atoms with Gasteiger partial charge >= 0.3 is 0 Å². The minimum absolute atomic E-state index is 0.759. The van der Waals surface area contributed by atoms with Crippen LogP contribution in [0.25, 0.3) is 0 Å². The first kappa shape index (κ1) is 28.6. The Hall–Kier alpha value is -0.440. The third-order valence-electron chi connectivity index (χ3n) is 6.35. The van der Waals surface area contributed by atoms with Gasteiger partial charge in [-0.15, -0.1) is 11.8 Å². The van der Waals surface area contributed by atoms with Crippen molar-refractivity contribution in [3.8, 4) is 11.8 Å². The van der Waals surface area contributed by atoms with Gasteiger partial charge in [0.15, 0.2) is 0 Å². The van der Waals surface area contributed by atoms with E-state index in [2.05, 4.69) is 32.6 Å². The van der Waals surface area contributed by atoms with Gasteiger partial charge in [-0.25, -0.2) is 0 Å². The summed E-state index contributed by atoms with van der Waals surface area (Å²) in [5.41, 5.74) is 0. The molecule has 0 aromatic heterocycles. The molecule has 0 spiro atoms. The standard InChI is InChI=1S/C29H54/c1-4-7-9-11-13-14-15-16-17-18-19-20-21-22-24-26-28-29(6-3)27-25-23-12-10-8-5-2/h29H,1-2,4-7,9,11-28H2,3H3. The van der Waals surface area contributed by atoms with Crippen LogP contribution in [0, 0.1) is 31.6 Å². The molecule has 0 rings (SSSR count). The Bertz CT molecular complexity index is 345. The molecule has 0 nitrogen and oxygen atoms in total. The highest BCUT2D eigenvalue weighted by molar-refractivity contribution is 4.99. The summed E-state index contributed by atoms with van der Waals surface area (Å²) in [4.78, 5) is 0. The quantitative estimate of drug-likeness (QED) is 0.125. The van der Waals surface area contributed by atoms with Crippen LogP contribution in [-0.2, 0) is 0 Å². The summed E-state index contributed by atoms with van der Waals surface area (Å²) < 4.78 is 0. The fraction of sp³-hybridized carbons (Fsp3) is 0.862. The second kappa shape index (κ2) is 25.6. The molecule has 29 heavy (non-hydrogen) atoms. The van der Waals surface area contributed by atoms with E-state index in [-0.39, 0.29) is 0 Å². The van der Waals surface area contributed by atoms with Gasteiger partial charge < -0.3 is 0 Å². The summed E-state index contributed by atoms with van der Waals surface area (Å²) in [7, 11) is 0. The molecule has 0 aliphatic heterocycles. The van der Waals surface area contributed by atoms with Gasteiger partial charge in [-0.3, -0.25) is 0 Å². The van der Waals surface area contributed by atoms with Crippen molar-refractivity contribution in [2.24, 2.45) is 5.92 Å². The Morgan fingerprint density at radius 3 is 1.34 bits per heavy atom. The molecular weight excluding hydrogens is 348 g/mol. The Morgan fingerprint density at radius 1 is 0.517 bits per heavy atom. The lowest BCUT2D eigenvalue weighted by molar-refractivity contribution is 0.397. The van der Waals surface area contributed by atoms with E-state index < -0.39 is 0 Å². The normalized spacial score (nSPS) is 12.0. The van der Waals surface area contributed by atoms with E-state index >= 15 is 0 Å². The van der Waals surface area contributed by atoms with Gasteiger partial charge in [0.25, 0.3) is 0 Å². The maximum atomic E-state index is 3.91. The Morgan fingerprint density at radius 2 is 0.931 bits per heavy atom. The highest BCUT2D eigenvalue weighted by Gasteiger charge is 2.05. The van der Waals surface area contributed by atoms with Gasteiger partial charge in [0.2, 0.25) is 0 Å². The second-order valence-corrected chi connectivity index (χ2v) is 9.07. The Labute approximate surface area is 186 Å². The molecule has 0 aromatic carbocycles. The molecule has 1 atom stereocenters. The maximum Gasteiger partial charge on any atom is 0.00890 e. The predicted molar refractivity (Wildman–Crippen MR) is 134 cm³/mol. The summed E-state index contributed by atoms with van der Waals surface area (Å²) in [5.74, 6) is 7.25. The number of unbranched alkanes of at least 4 members (excludes halogenated alkanes) is 17. The van der Waals surface area contributed by atoms with Gasteiger partial charge in [0.1, 0.15) is 0 Å². The van der Waals surface area contributed by atoms with Crippen LogP contribution in [0.4, 0.5) is 0 Å². The fourth-order valence-corrected chi connectivity index (χ4v) is 4.28. The molecule has 0 aromatic rings. The molecule has 0 amide bonds. The number of hydrogen-bond donors (Lipinski definition) is 0. The van der Waals surface area contributed by atoms with Crippen molar-refractivity contribution < 1.29 is 0 Å². The van der Waals surface area contributed by atoms with E-state index in [9.17, 15) is 0 Å². The smallest absolute Gasteiger partial charge is 0.00890 e. The van der Waals surface area contributed by atoms with Crippen LogP contribution in [0.3, 0.4) is 0 Å². The minimum atomic E-state index is 0.759. The highest BCUT2D eigenvalue weighted by atomic mass is 14.1. The molecule has 1 unspecified atom stereocenters. The molecule has 0 fully saturated rings. The van der Waals surface area contributed by atoms with Crippen molar-refractivity contribution in [2.45, 2.75) is 155 Å². The molecule has 0 N–H and O–H groups in total. The monoisotopic (exact) mass is 402 g/mol. The highest BCUT2D eigenvalue weighted by Crippen LogP contribution is 2.21. The lowest BCUT2D eigenvalue weighted by Gasteiger charge is -2.14. The van der Waals surface area contributed by atoms with E-state index in [1.165, 1.54) is 128 Å². The zero-order chi connectivity index (χ0) is 21.3. The molecular formula is C29H54. The van der Waals surface area contributed by atoms with Gasteiger partial charge in [-0.2, -0.15) is 0 Å². The van der Waals surface area contributed by atoms with Crippen molar-refractivity contribution in [1.29, 1.82) is 0 Å². The van der Waals surface area contributed by atoms with Crippen LogP contribution in [0.5, 0.6) is 0 Å². The average molecular weight is 403 g/mol. The SMILES string of the molecule is [CH2]CC#CCCCCC(CC)CCCCCCCCCCCCCCCCC[CH2]. The van der Waals surface area contributed by atoms with Gasteiger partial charge in [0.05, 0.1) is 0 Å². The molecule has 2 radical (unpaired) electrons. The second-order valence-electron chi connectivity index (χ2n) is 9.07. The topological polar surface area (TPSA) is 0 Å². The van der Waals surface area contributed by atoms with Crippen LogP contribution in [0.2, 0.25) is 0 Å². The molecule has 170 valence electrons. The maximum absolute atomic E-state index is 3.91. The van der Waals surface area contributed by atoms with Crippen molar-refractivity contribution >= 4 is 0 Å². The van der Waals surface area contributed by atoms with Crippen LogP contribution >= 0.6 is 0 Å². The molecule has 0 aliphatic carbocycles. The lowest BCUT2D eigenvalue weighted by Crippen LogP contribution is -1.99. The fourth-order valence-electron chi connectivity index (χ4n) is 4.28. The molecule has 0 aliphatic rings. The van der Waals surface area contributed by atoms with Crippen molar-refractivity contribution in [2.75, 3.05) is 0 Å². The minimum Gasteiger partial charge on any atom is -0.103 e. The van der Waals surface area contributed by atoms with Crippen molar-refractivity contribution in [3.05, 3.63) is 13.8 Å². The van der Waals surface area contributed by atoms with Crippen LogP contribution in [0.15, 0.2) is 0 Å². The lowest BCUT2D eigenvalue weighted by atomic mass is 9.92. The molecule has 0 saturated carbocycles. The van der Waals surface area contributed by atoms with E-state index in [0.29, 0.717) is 0 Å². The van der Waals surface area contributed by atoms with E-state index in [1.54, 1.807) is 0 Å². The summed E-state index contributed by atoms with van der Waals surface area (Å²) in [5, 5.41) is 0. The number of rotatable bonds is 22. The third-order valence-corrected chi connectivity index (χ3v) is 6.35. The zero-order valence-corrected chi connectivity index (χ0v) is 20.3. The molecule has 0 saturated heterocycles. The van der Waals surface area contributed by atoms with Gasteiger partial charge in [0, 0.05) is 12.8 Å². The van der Waals surface area contributed by atoms with Gasteiger partial charge in [-0.1, -0.05) is 142 Å². The van der Waals surface area contributed by atoms with E-state index in [4.69, 9.17) is 0 Å². The molecule has 0 heterocycles. The summed E-state index contributed by atoms with van der Waals surface area (Å²) in [6.07, 6.45) is 31.5.